The zero-order chi connectivity index (χ0) is 14.8. The fourth-order valence-corrected chi connectivity index (χ4v) is 3.07. The molecular formula is C16H24ClN3. The van der Waals surface area contributed by atoms with Crippen molar-refractivity contribution in [1.82, 2.24) is 9.55 Å². The minimum absolute atomic E-state index is 0.0410. The largest absolute Gasteiger partial charge is 0.329 e. The zero-order valence-electron chi connectivity index (χ0n) is 12.6. The summed E-state index contributed by atoms with van der Waals surface area (Å²) < 4.78 is 2.32. The Balaban J connectivity index is 2.70. The molecule has 2 aromatic rings. The number of imidazole rings is 1. The van der Waals surface area contributed by atoms with Gasteiger partial charge in [0.25, 0.3) is 0 Å². The molecule has 4 heteroatoms. The van der Waals surface area contributed by atoms with E-state index in [4.69, 9.17) is 22.3 Å². The second kappa shape index (κ2) is 6.15. The molecule has 3 nitrogen and oxygen atoms in total. The number of aryl methyl sites for hydroxylation is 1. The maximum Gasteiger partial charge on any atom is 0.117 e. The molecule has 0 radical (unpaired) electrons. The van der Waals surface area contributed by atoms with Crippen molar-refractivity contribution < 1.29 is 0 Å². The lowest BCUT2D eigenvalue weighted by Gasteiger charge is -2.30. The Labute approximate surface area is 126 Å². The summed E-state index contributed by atoms with van der Waals surface area (Å²) in [5.74, 6) is 1.11. The molecule has 0 amide bonds. The van der Waals surface area contributed by atoms with Crippen molar-refractivity contribution in [2.75, 3.05) is 6.54 Å². The van der Waals surface area contributed by atoms with Crippen LogP contribution in [0.25, 0.3) is 11.0 Å². The van der Waals surface area contributed by atoms with Crippen LogP contribution >= 0.6 is 11.6 Å². The third kappa shape index (κ3) is 2.45. The van der Waals surface area contributed by atoms with Gasteiger partial charge in [-0.2, -0.15) is 0 Å². The highest BCUT2D eigenvalue weighted by Crippen LogP contribution is 2.33. The first-order valence-corrected chi connectivity index (χ1v) is 7.86. The minimum Gasteiger partial charge on any atom is -0.329 e. The lowest BCUT2D eigenvalue weighted by molar-refractivity contribution is 0.366. The van der Waals surface area contributed by atoms with Gasteiger partial charge in [0.05, 0.1) is 11.0 Å². The molecule has 0 saturated heterocycles. The molecular weight excluding hydrogens is 270 g/mol. The van der Waals surface area contributed by atoms with Crippen LogP contribution in [-0.2, 0) is 12.0 Å². The average molecular weight is 294 g/mol. The fourth-order valence-electron chi connectivity index (χ4n) is 2.90. The predicted molar refractivity (Wildman–Crippen MR) is 86.3 cm³/mol. The first kappa shape index (κ1) is 15.3. The van der Waals surface area contributed by atoms with E-state index in [9.17, 15) is 0 Å². The van der Waals surface area contributed by atoms with Crippen molar-refractivity contribution >= 4 is 22.6 Å². The van der Waals surface area contributed by atoms with Gasteiger partial charge >= 0.3 is 0 Å². The summed E-state index contributed by atoms with van der Waals surface area (Å²) in [6, 6.07) is 5.94. The number of aromatic nitrogens is 2. The molecule has 2 N–H and O–H groups in total. The van der Waals surface area contributed by atoms with Gasteiger partial charge in [-0.1, -0.05) is 32.4 Å². The van der Waals surface area contributed by atoms with Crippen LogP contribution in [0.5, 0.6) is 0 Å². The van der Waals surface area contributed by atoms with Crippen LogP contribution in [0.2, 0.25) is 5.02 Å². The van der Waals surface area contributed by atoms with Crippen molar-refractivity contribution in [1.29, 1.82) is 0 Å². The summed E-state index contributed by atoms with van der Waals surface area (Å²) in [7, 11) is 0. The van der Waals surface area contributed by atoms with E-state index in [1.54, 1.807) is 0 Å². The molecule has 0 unspecified atom stereocenters. The molecule has 0 saturated carbocycles. The Bertz CT molecular complexity index is 576. The average Bonchev–Trinajstić information content (AvgIpc) is 2.81. The van der Waals surface area contributed by atoms with Crippen LogP contribution < -0.4 is 5.73 Å². The van der Waals surface area contributed by atoms with Gasteiger partial charge in [0, 0.05) is 23.5 Å². The van der Waals surface area contributed by atoms with Crippen LogP contribution in [0.3, 0.4) is 0 Å². The van der Waals surface area contributed by atoms with Gasteiger partial charge in [-0.3, -0.25) is 0 Å². The van der Waals surface area contributed by atoms with Gasteiger partial charge in [-0.25, -0.2) is 4.98 Å². The standard InChI is InChI=1S/C16H24ClN3/c1-4-9-20-14-8-7-12(17)10-13(14)19-15(20)16(5-2,6-3)11-18/h7-8,10H,4-6,9,11,18H2,1-3H3. The smallest absolute Gasteiger partial charge is 0.117 e. The Morgan fingerprint density at radius 1 is 1.25 bits per heavy atom. The molecule has 0 spiro atoms. The molecule has 0 aliphatic rings. The highest BCUT2D eigenvalue weighted by molar-refractivity contribution is 6.31. The summed E-state index contributed by atoms with van der Waals surface area (Å²) in [5, 5.41) is 0.733. The minimum atomic E-state index is -0.0410. The number of halogens is 1. The topological polar surface area (TPSA) is 43.8 Å². The molecule has 110 valence electrons. The van der Waals surface area contributed by atoms with Crippen LogP contribution in [-0.4, -0.2) is 16.1 Å². The molecule has 1 aromatic carbocycles. The third-order valence-electron chi connectivity index (χ3n) is 4.38. The van der Waals surface area contributed by atoms with Crippen molar-refractivity contribution in [2.45, 2.75) is 52.0 Å². The molecule has 20 heavy (non-hydrogen) atoms. The maximum atomic E-state index is 6.10. The van der Waals surface area contributed by atoms with Crippen LogP contribution in [0.4, 0.5) is 0 Å². The zero-order valence-corrected chi connectivity index (χ0v) is 13.4. The first-order valence-electron chi connectivity index (χ1n) is 7.48. The van der Waals surface area contributed by atoms with Crippen molar-refractivity contribution in [3.05, 3.63) is 29.0 Å². The van der Waals surface area contributed by atoms with Gasteiger partial charge in [0.1, 0.15) is 5.82 Å². The molecule has 1 heterocycles. The first-order chi connectivity index (χ1) is 9.61. The summed E-state index contributed by atoms with van der Waals surface area (Å²) in [6.45, 7) is 8.17. The van der Waals surface area contributed by atoms with E-state index in [2.05, 4.69) is 31.4 Å². The molecule has 1 aromatic heterocycles. The van der Waals surface area contributed by atoms with Crippen LogP contribution in [0, 0.1) is 0 Å². The van der Waals surface area contributed by atoms with Crippen LogP contribution in [0.1, 0.15) is 45.9 Å². The molecule has 0 aliphatic carbocycles. The number of hydrogen-bond acceptors (Lipinski definition) is 2. The second-order valence-electron chi connectivity index (χ2n) is 5.41. The van der Waals surface area contributed by atoms with Gasteiger partial charge in [-0.15, -0.1) is 0 Å². The number of nitrogens with zero attached hydrogens (tertiary/aromatic N) is 2. The Hall–Kier alpha value is -1.06. The van der Waals surface area contributed by atoms with Crippen molar-refractivity contribution in [3.8, 4) is 0 Å². The van der Waals surface area contributed by atoms with Crippen molar-refractivity contribution in [2.24, 2.45) is 5.73 Å². The van der Waals surface area contributed by atoms with E-state index in [-0.39, 0.29) is 5.41 Å². The maximum absolute atomic E-state index is 6.10. The van der Waals surface area contributed by atoms with Gasteiger partial charge in [0.15, 0.2) is 0 Å². The summed E-state index contributed by atoms with van der Waals surface area (Å²) in [5.41, 5.74) is 8.19. The number of hydrogen-bond donors (Lipinski definition) is 1. The molecule has 2 rings (SSSR count). The second-order valence-corrected chi connectivity index (χ2v) is 5.85. The van der Waals surface area contributed by atoms with Crippen LogP contribution in [0.15, 0.2) is 18.2 Å². The van der Waals surface area contributed by atoms with E-state index >= 15 is 0 Å². The number of nitrogens with two attached hydrogens (primary N) is 1. The van der Waals surface area contributed by atoms with E-state index in [1.165, 1.54) is 0 Å². The normalized spacial score (nSPS) is 12.2. The summed E-state index contributed by atoms with van der Waals surface area (Å²) in [6.07, 6.45) is 3.08. The van der Waals surface area contributed by atoms with Crippen molar-refractivity contribution in [3.63, 3.8) is 0 Å². The lowest BCUT2D eigenvalue weighted by Crippen LogP contribution is -2.36. The fraction of sp³-hybridized carbons (Fsp3) is 0.562. The molecule has 0 bridgehead atoms. The predicted octanol–water partition coefficient (Wildman–Crippen LogP) is 4.12. The quantitative estimate of drug-likeness (QED) is 0.871. The third-order valence-corrected chi connectivity index (χ3v) is 4.61. The lowest BCUT2D eigenvalue weighted by atomic mass is 9.81. The van der Waals surface area contributed by atoms with E-state index < -0.39 is 0 Å². The SMILES string of the molecule is CCCn1c(C(CC)(CC)CN)nc2cc(Cl)ccc21. The summed E-state index contributed by atoms with van der Waals surface area (Å²) in [4.78, 5) is 4.88. The Morgan fingerprint density at radius 3 is 2.50 bits per heavy atom. The van der Waals surface area contributed by atoms with Gasteiger partial charge in [0.2, 0.25) is 0 Å². The highest BCUT2D eigenvalue weighted by Gasteiger charge is 2.32. The number of fused-ring (bicyclic) bond motifs is 1. The van der Waals surface area contributed by atoms with Gasteiger partial charge < -0.3 is 10.3 Å². The molecule has 0 aliphatic heterocycles. The van der Waals surface area contributed by atoms with E-state index in [1.807, 2.05) is 12.1 Å². The Morgan fingerprint density at radius 2 is 1.95 bits per heavy atom. The molecule has 0 atom stereocenters. The Kier molecular flexibility index (Phi) is 4.71. The monoisotopic (exact) mass is 293 g/mol. The van der Waals surface area contributed by atoms with E-state index in [0.29, 0.717) is 6.54 Å². The van der Waals surface area contributed by atoms with E-state index in [0.717, 1.165) is 47.7 Å². The summed E-state index contributed by atoms with van der Waals surface area (Å²) >= 11 is 6.10. The van der Waals surface area contributed by atoms with Gasteiger partial charge in [-0.05, 0) is 37.5 Å². The number of rotatable bonds is 6. The number of benzene rings is 1. The highest BCUT2D eigenvalue weighted by atomic mass is 35.5. The molecule has 0 fully saturated rings.